The lowest BCUT2D eigenvalue weighted by Gasteiger charge is -2.47. The average Bonchev–Trinajstić information content (AvgIpc) is 3.14. The van der Waals surface area contributed by atoms with E-state index in [1.165, 1.54) is 18.5 Å². The molecule has 0 saturated heterocycles. The van der Waals surface area contributed by atoms with Crippen LogP contribution in [0.1, 0.15) is 38.7 Å². The number of hydrogen-bond donors (Lipinski definition) is 0. The van der Waals surface area contributed by atoms with Crippen molar-refractivity contribution in [3.8, 4) is 5.75 Å². The molecule has 0 amide bonds. The molecule has 5 nitrogen and oxygen atoms in total. The number of aryl methyl sites for hydroxylation is 1. The lowest BCUT2D eigenvalue weighted by molar-refractivity contribution is -0.274. The highest BCUT2D eigenvalue weighted by Crippen LogP contribution is 2.45. The van der Waals surface area contributed by atoms with E-state index < -0.39 is 6.36 Å². The van der Waals surface area contributed by atoms with Crippen molar-refractivity contribution in [2.45, 2.75) is 58.5 Å². The Hall–Kier alpha value is -2.09. The Morgan fingerprint density at radius 2 is 1.93 bits per heavy atom. The van der Waals surface area contributed by atoms with Crippen molar-refractivity contribution in [1.29, 1.82) is 0 Å². The van der Waals surface area contributed by atoms with Gasteiger partial charge in [0.1, 0.15) is 18.4 Å². The molecule has 0 radical (unpaired) electrons. The molecule has 1 heterocycles. The molecule has 0 spiro atoms. The van der Waals surface area contributed by atoms with Crippen molar-refractivity contribution in [3.05, 3.63) is 42.5 Å². The molecule has 1 aliphatic rings. The minimum atomic E-state index is -4.67. The van der Waals surface area contributed by atoms with Crippen LogP contribution in [0.4, 0.5) is 13.2 Å². The van der Waals surface area contributed by atoms with E-state index in [0.29, 0.717) is 11.8 Å². The molecule has 0 unspecified atom stereocenters. The van der Waals surface area contributed by atoms with Gasteiger partial charge < -0.3 is 9.47 Å². The van der Waals surface area contributed by atoms with Crippen molar-refractivity contribution >= 4 is 0 Å². The van der Waals surface area contributed by atoms with Crippen molar-refractivity contribution in [1.82, 2.24) is 14.8 Å². The highest BCUT2D eigenvalue weighted by atomic mass is 19.4. The third kappa shape index (κ3) is 5.72. The quantitative estimate of drug-likeness (QED) is 0.652. The second-order valence-electron chi connectivity index (χ2n) is 8.46. The molecule has 3 atom stereocenters. The van der Waals surface area contributed by atoms with Crippen LogP contribution in [0.5, 0.6) is 5.75 Å². The van der Waals surface area contributed by atoms with Crippen LogP contribution in [0.15, 0.2) is 36.9 Å². The summed E-state index contributed by atoms with van der Waals surface area (Å²) >= 11 is 0. The van der Waals surface area contributed by atoms with Crippen LogP contribution in [0.2, 0.25) is 0 Å². The Bertz CT molecular complexity index is 760. The van der Waals surface area contributed by atoms with Gasteiger partial charge in [-0.2, -0.15) is 5.10 Å². The van der Waals surface area contributed by atoms with Gasteiger partial charge in [0, 0.05) is 19.6 Å². The Morgan fingerprint density at radius 1 is 1.21 bits per heavy atom. The minimum Gasteiger partial charge on any atom is -0.406 e. The number of benzene rings is 1. The van der Waals surface area contributed by atoms with Gasteiger partial charge in [-0.3, -0.25) is 4.68 Å². The minimum absolute atomic E-state index is 0.0765. The molecule has 160 valence electrons. The molecule has 3 rings (SSSR count). The third-order valence-corrected chi connectivity index (χ3v) is 6.00. The second kappa shape index (κ2) is 8.73. The maximum absolute atomic E-state index is 12.3. The number of aromatic nitrogens is 3. The number of ether oxygens (including phenoxy) is 2. The molecule has 0 aliphatic heterocycles. The van der Waals surface area contributed by atoms with Gasteiger partial charge in [0.15, 0.2) is 0 Å². The first-order valence-electron chi connectivity index (χ1n) is 9.88. The van der Waals surface area contributed by atoms with Crippen molar-refractivity contribution in [2.24, 2.45) is 17.3 Å². The second-order valence-corrected chi connectivity index (χ2v) is 8.46. The summed E-state index contributed by atoms with van der Waals surface area (Å²) in [4.78, 5) is 4.05. The Balaban J connectivity index is 1.67. The molecule has 1 aromatic carbocycles. The summed E-state index contributed by atoms with van der Waals surface area (Å²) in [7, 11) is 1.77. The maximum Gasteiger partial charge on any atom is 0.573 e. The van der Waals surface area contributed by atoms with E-state index in [-0.39, 0.29) is 17.3 Å². The van der Waals surface area contributed by atoms with Gasteiger partial charge in [0.25, 0.3) is 0 Å². The Kier molecular flexibility index (Phi) is 6.51. The molecule has 1 fully saturated rings. The predicted octanol–water partition coefficient (Wildman–Crippen LogP) is 4.88. The summed E-state index contributed by atoms with van der Waals surface area (Å²) in [5.41, 5.74) is 1.07. The zero-order valence-corrected chi connectivity index (χ0v) is 17.0. The maximum atomic E-state index is 12.3. The fraction of sp³-hybridized carbons (Fsp3) is 0.619. The zero-order valence-electron chi connectivity index (χ0n) is 17.0. The molecular formula is C21H28F3N3O2. The fourth-order valence-electron chi connectivity index (χ4n) is 4.59. The summed E-state index contributed by atoms with van der Waals surface area (Å²) in [6.45, 7) is 5.22. The number of hydrogen-bond acceptors (Lipinski definition) is 4. The summed E-state index contributed by atoms with van der Waals surface area (Å²) in [5.74, 6) is 0.533. The van der Waals surface area contributed by atoms with E-state index >= 15 is 0 Å². The fourth-order valence-corrected chi connectivity index (χ4v) is 4.59. The van der Waals surface area contributed by atoms with Gasteiger partial charge >= 0.3 is 6.36 Å². The van der Waals surface area contributed by atoms with Gasteiger partial charge in [0.2, 0.25) is 0 Å². The molecule has 1 saturated carbocycles. The first-order chi connectivity index (χ1) is 13.7. The van der Waals surface area contributed by atoms with Crippen LogP contribution in [0, 0.1) is 17.3 Å². The molecule has 1 aromatic heterocycles. The zero-order chi connectivity index (χ0) is 21.1. The van der Waals surface area contributed by atoms with Crippen LogP contribution < -0.4 is 4.74 Å². The summed E-state index contributed by atoms with van der Waals surface area (Å²) in [6, 6.07) is 6.15. The SMILES string of the molecule is CO[C@@H]1[C@@H](Cn2cncn2)[C@H](CCc2ccc(OC(F)(F)F)cc2)CCC1(C)C. The van der Waals surface area contributed by atoms with Crippen LogP contribution in [0.3, 0.4) is 0 Å². The number of alkyl halides is 3. The van der Waals surface area contributed by atoms with E-state index in [2.05, 4.69) is 28.7 Å². The molecular weight excluding hydrogens is 383 g/mol. The molecule has 8 heteroatoms. The monoisotopic (exact) mass is 411 g/mol. The van der Waals surface area contributed by atoms with E-state index in [1.807, 2.05) is 4.68 Å². The summed E-state index contributed by atoms with van der Waals surface area (Å²) < 4.78 is 48.7. The molecule has 0 N–H and O–H groups in total. The largest absolute Gasteiger partial charge is 0.573 e. The van der Waals surface area contributed by atoms with Gasteiger partial charge in [-0.1, -0.05) is 26.0 Å². The van der Waals surface area contributed by atoms with E-state index in [9.17, 15) is 13.2 Å². The number of nitrogens with zero attached hydrogens (tertiary/aromatic N) is 3. The number of halogens is 3. The lowest BCUT2D eigenvalue weighted by atomic mass is 9.63. The number of methoxy groups -OCH3 is 1. The van der Waals surface area contributed by atoms with Crippen LogP contribution in [0.25, 0.3) is 0 Å². The predicted molar refractivity (Wildman–Crippen MR) is 102 cm³/mol. The van der Waals surface area contributed by atoms with Crippen molar-refractivity contribution < 1.29 is 22.6 Å². The first kappa shape index (κ1) is 21.6. The highest BCUT2D eigenvalue weighted by Gasteiger charge is 2.44. The standard InChI is InChI=1S/C21H28F3N3O2/c1-20(2)11-10-16(18(19(20)28-3)12-27-14-25-13-26-27)7-4-15-5-8-17(9-6-15)29-21(22,23)24/h5-6,8-9,13-14,16,18-19H,4,7,10-12H2,1-3H3/t16-,18+,19-/m1/s1. The van der Waals surface area contributed by atoms with Crippen molar-refractivity contribution in [2.75, 3.05) is 7.11 Å². The van der Waals surface area contributed by atoms with Gasteiger partial charge in [-0.25, -0.2) is 4.98 Å². The van der Waals surface area contributed by atoms with E-state index in [0.717, 1.165) is 37.8 Å². The van der Waals surface area contributed by atoms with Crippen LogP contribution in [-0.4, -0.2) is 34.3 Å². The van der Waals surface area contributed by atoms with E-state index in [1.54, 1.807) is 25.6 Å². The van der Waals surface area contributed by atoms with Gasteiger partial charge in [-0.05, 0) is 54.7 Å². The molecule has 2 aromatic rings. The third-order valence-electron chi connectivity index (χ3n) is 6.00. The Morgan fingerprint density at radius 3 is 2.52 bits per heavy atom. The van der Waals surface area contributed by atoms with Gasteiger partial charge in [-0.15, -0.1) is 13.2 Å². The topological polar surface area (TPSA) is 49.2 Å². The van der Waals surface area contributed by atoms with Crippen LogP contribution in [-0.2, 0) is 17.7 Å². The summed E-state index contributed by atoms with van der Waals surface area (Å²) in [6.07, 6.45) is 2.59. The number of rotatable bonds is 7. The first-order valence-corrected chi connectivity index (χ1v) is 9.88. The van der Waals surface area contributed by atoms with Crippen molar-refractivity contribution in [3.63, 3.8) is 0 Å². The average molecular weight is 411 g/mol. The molecule has 1 aliphatic carbocycles. The highest BCUT2D eigenvalue weighted by molar-refractivity contribution is 5.27. The lowest BCUT2D eigenvalue weighted by Crippen LogP contribution is -2.47. The smallest absolute Gasteiger partial charge is 0.406 e. The summed E-state index contributed by atoms with van der Waals surface area (Å²) in [5, 5.41) is 4.26. The normalized spacial score (nSPS) is 24.4. The van der Waals surface area contributed by atoms with E-state index in [4.69, 9.17) is 4.74 Å². The van der Waals surface area contributed by atoms with Crippen LogP contribution >= 0.6 is 0 Å². The molecule has 29 heavy (non-hydrogen) atoms. The van der Waals surface area contributed by atoms with Gasteiger partial charge in [0.05, 0.1) is 6.10 Å². The molecule has 0 bridgehead atoms. The Labute approximate surface area is 169 Å².